The van der Waals surface area contributed by atoms with Crippen LogP contribution in [0.15, 0.2) is 30.6 Å². The molecule has 11 heteroatoms. The molecule has 0 bridgehead atoms. The molecular weight excluding hydrogens is 391 g/mol. The fourth-order valence-corrected chi connectivity index (χ4v) is 2.21. The van der Waals surface area contributed by atoms with Crippen molar-refractivity contribution in [2.45, 2.75) is 13.2 Å². The van der Waals surface area contributed by atoms with Gasteiger partial charge < -0.3 is 14.8 Å². The van der Waals surface area contributed by atoms with Gasteiger partial charge in [0.25, 0.3) is 5.91 Å². The maximum Gasteiger partial charge on any atom is 0.387 e. The number of halogens is 6. The van der Waals surface area contributed by atoms with Crippen LogP contribution in [0, 0.1) is 0 Å². The number of ether oxygens (including phenoxy) is 2. The highest BCUT2D eigenvalue weighted by Crippen LogP contribution is 2.33. The van der Waals surface area contributed by atoms with Crippen LogP contribution in [-0.2, 0) is 0 Å². The number of hydrogen-bond donors (Lipinski definition) is 1. The number of amides is 1. The normalized spacial score (nSPS) is 10.9. The molecule has 0 aliphatic heterocycles. The molecule has 1 amide bonds. The van der Waals surface area contributed by atoms with Gasteiger partial charge in [-0.15, -0.1) is 0 Å². The minimum absolute atomic E-state index is 0.0440. The van der Waals surface area contributed by atoms with E-state index in [0.29, 0.717) is 0 Å². The molecule has 134 valence electrons. The van der Waals surface area contributed by atoms with Crippen molar-refractivity contribution in [3.63, 3.8) is 0 Å². The number of pyridine rings is 1. The van der Waals surface area contributed by atoms with Gasteiger partial charge in [0.15, 0.2) is 11.5 Å². The van der Waals surface area contributed by atoms with Crippen LogP contribution in [-0.4, -0.2) is 24.1 Å². The number of anilines is 1. The second-order valence-corrected chi connectivity index (χ2v) is 5.17. The Balaban J connectivity index is 2.30. The van der Waals surface area contributed by atoms with E-state index >= 15 is 0 Å². The Morgan fingerprint density at radius 2 is 1.56 bits per heavy atom. The van der Waals surface area contributed by atoms with Crippen molar-refractivity contribution in [1.29, 1.82) is 0 Å². The van der Waals surface area contributed by atoms with Crippen LogP contribution in [0.25, 0.3) is 0 Å². The molecule has 0 saturated carbocycles. The Labute approximate surface area is 148 Å². The van der Waals surface area contributed by atoms with Crippen molar-refractivity contribution in [2.24, 2.45) is 0 Å². The molecule has 5 nitrogen and oxygen atoms in total. The molecule has 1 aromatic carbocycles. The van der Waals surface area contributed by atoms with Gasteiger partial charge in [-0.25, -0.2) is 0 Å². The van der Waals surface area contributed by atoms with E-state index in [1.807, 2.05) is 0 Å². The van der Waals surface area contributed by atoms with Gasteiger partial charge in [-0.05, 0) is 18.2 Å². The van der Waals surface area contributed by atoms with Crippen molar-refractivity contribution in [3.8, 4) is 11.5 Å². The monoisotopic (exact) mass is 398 g/mol. The number of benzene rings is 1. The minimum atomic E-state index is -3.30. The highest BCUT2D eigenvalue weighted by molar-refractivity contribution is 6.39. The number of carbonyl (C=O) groups excluding carboxylic acids is 1. The van der Waals surface area contributed by atoms with E-state index in [1.165, 1.54) is 12.4 Å². The van der Waals surface area contributed by atoms with Gasteiger partial charge in [-0.2, -0.15) is 17.6 Å². The number of carbonyl (C=O) groups is 1. The van der Waals surface area contributed by atoms with Gasteiger partial charge in [-0.3, -0.25) is 9.78 Å². The first-order valence-electron chi connectivity index (χ1n) is 6.42. The van der Waals surface area contributed by atoms with Crippen LogP contribution >= 0.6 is 23.2 Å². The zero-order valence-corrected chi connectivity index (χ0v) is 13.5. The molecule has 0 spiro atoms. The molecule has 1 heterocycles. The van der Waals surface area contributed by atoms with Crippen LogP contribution < -0.4 is 14.8 Å². The number of rotatable bonds is 6. The maximum atomic E-state index is 12.4. The molecule has 0 aliphatic carbocycles. The number of alkyl halides is 4. The van der Waals surface area contributed by atoms with Crippen LogP contribution in [0.3, 0.4) is 0 Å². The molecule has 2 aromatic rings. The third-order valence-electron chi connectivity index (χ3n) is 2.73. The van der Waals surface area contributed by atoms with Crippen LogP contribution in [0.5, 0.6) is 11.5 Å². The van der Waals surface area contributed by atoms with Gasteiger partial charge in [0.05, 0.1) is 15.7 Å². The smallest absolute Gasteiger partial charge is 0.387 e. The number of nitrogens with zero attached hydrogens (tertiary/aromatic N) is 1. The van der Waals surface area contributed by atoms with Crippen molar-refractivity contribution in [2.75, 3.05) is 5.32 Å². The predicted octanol–water partition coefficient (Wildman–Crippen LogP) is 4.84. The molecule has 0 unspecified atom stereocenters. The Morgan fingerprint density at radius 3 is 2.12 bits per heavy atom. The lowest BCUT2D eigenvalue weighted by Crippen LogP contribution is -2.14. The average molecular weight is 399 g/mol. The van der Waals surface area contributed by atoms with E-state index in [1.54, 1.807) is 0 Å². The SMILES string of the molecule is O=C(Nc1c(Cl)cncc1Cl)c1ccc(OC(F)F)c(OC(F)F)c1. The minimum Gasteiger partial charge on any atom is -0.431 e. The summed E-state index contributed by atoms with van der Waals surface area (Å²) in [6, 6.07) is 2.80. The molecule has 0 saturated heterocycles. The first-order chi connectivity index (χ1) is 11.8. The summed E-state index contributed by atoms with van der Waals surface area (Å²) in [7, 11) is 0. The zero-order valence-electron chi connectivity index (χ0n) is 12.0. The van der Waals surface area contributed by atoms with Gasteiger partial charge >= 0.3 is 13.2 Å². The third-order valence-corrected chi connectivity index (χ3v) is 3.30. The highest BCUT2D eigenvalue weighted by Gasteiger charge is 2.18. The van der Waals surface area contributed by atoms with Crippen molar-refractivity contribution >= 4 is 34.8 Å². The number of aromatic nitrogens is 1. The van der Waals surface area contributed by atoms with Crippen LogP contribution in [0.2, 0.25) is 10.0 Å². The first-order valence-corrected chi connectivity index (χ1v) is 7.17. The topological polar surface area (TPSA) is 60.5 Å². The van der Waals surface area contributed by atoms with E-state index in [9.17, 15) is 22.4 Å². The lowest BCUT2D eigenvalue weighted by molar-refractivity contribution is -0.0692. The second-order valence-electron chi connectivity index (χ2n) is 4.35. The van der Waals surface area contributed by atoms with Crippen LogP contribution in [0.1, 0.15) is 10.4 Å². The Hall–Kier alpha value is -2.26. The molecule has 2 rings (SSSR count). The summed E-state index contributed by atoms with van der Waals surface area (Å²) in [5.74, 6) is -2.17. The first kappa shape index (κ1) is 19.1. The summed E-state index contributed by atoms with van der Waals surface area (Å²) in [6.45, 7) is -6.56. The quantitative estimate of drug-likeness (QED) is 0.707. The highest BCUT2D eigenvalue weighted by atomic mass is 35.5. The molecule has 0 aliphatic rings. The summed E-state index contributed by atoms with van der Waals surface area (Å²) in [5.41, 5.74) is -0.131. The third kappa shape index (κ3) is 5.10. The number of hydrogen-bond acceptors (Lipinski definition) is 4. The lowest BCUT2D eigenvalue weighted by atomic mass is 10.2. The van der Waals surface area contributed by atoms with E-state index < -0.39 is 30.6 Å². The van der Waals surface area contributed by atoms with Crippen LogP contribution in [0.4, 0.5) is 23.2 Å². The van der Waals surface area contributed by atoms with Crippen molar-refractivity contribution < 1.29 is 31.8 Å². The molecule has 1 aromatic heterocycles. The molecular formula is C14H8Cl2F4N2O3. The van der Waals surface area contributed by atoms with Crippen molar-refractivity contribution in [1.82, 2.24) is 4.98 Å². The Kier molecular flexibility index (Phi) is 6.27. The summed E-state index contributed by atoms with van der Waals surface area (Å²) in [4.78, 5) is 15.9. The molecule has 0 radical (unpaired) electrons. The summed E-state index contributed by atoms with van der Waals surface area (Å²) >= 11 is 11.7. The van der Waals surface area contributed by atoms with Gasteiger partial charge in [0.1, 0.15) is 0 Å². The standard InChI is InChI=1S/C14H8Cl2F4N2O3/c15-7-4-21-5-8(16)11(7)22-12(23)6-1-2-9(24-13(17)18)10(3-6)25-14(19)20/h1-5,13-14H,(H,21,22,23). The Morgan fingerprint density at radius 1 is 1.00 bits per heavy atom. The van der Waals surface area contributed by atoms with E-state index in [2.05, 4.69) is 19.8 Å². The van der Waals surface area contributed by atoms with E-state index in [-0.39, 0.29) is 21.3 Å². The predicted molar refractivity (Wildman–Crippen MR) is 81.9 cm³/mol. The average Bonchev–Trinajstić information content (AvgIpc) is 2.51. The largest absolute Gasteiger partial charge is 0.431 e. The fraction of sp³-hybridized carbons (Fsp3) is 0.143. The fourth-order valence-electron chi connectivity index (χ4n) is 1.75. The van der Waals surface area contributed by atoms with E-state index in [0.717, 1.165) is 18.2 Å². The summed E-state index contributed by atoms with van der Waals surface area (Å²) < 4.78 is 57.6. The molecule has 0 fully saturated rings. The molecule has 1 N–H and O–H groups in total. The Bertz CT molecular complexity index is 757. The van der Waals surface area contributed by atoms with E-state index in [4.69, 9.17) is 23.2 Å². The number of nitrogens with one attached hydrogen (secondary N) is 1. The summed E-state index contributed by atoms with van der Waals surface area (Å²) in [5, 5.41) is 2.45. The second kappa shape index (κ2) is 8.21. The van der Waals surface area contributed by atoms with Gasteiger partial charge in [0.2, 0.25) is 0 Å². The van der Waals surface area contributed by atoms with Crippen molar-refractivity contribution in [3.05, 3.63) is 46.2 Å². The summed E-state index contributed by atoms with van der Waals surface area (Å²) in [6.07, 6.45) is 2.46. The van der Waals surface area contributed by atoms with Gasteiger partial charge in [0, 0.05) is 18.0 Å². The molecule has 25 heavy (non-hydrogen) atoms. The maximum absolute atomic E-state index is 12.4. The zero-order chi connectivity index (χ0) is 18.6. The van der Waals surface area contributed by atoms with Gasteiger partial charge in [-0.1, -0.05) is 23.2 Å². The molecule has 0 atom stereocenters. The lowest BCUT2D eigenvalue weighted by Gasteiger charge is -2.13.